The van der Waals surface area contributed by atoms with E-state index in [4.69, 9.17) is 0 Å². The summed E-state index contributed by atoms with van der Waals surface area (Å²) in [6, 6.07) is 7.24. The number of benzene rings is 1. The lowest BCUT2D eigenvalue weighted by Crippen LogP contribution is -2.45. The lowest BCUT2D eigenvalue weighted by atomic mass is 10.1. The van der Waals surface area contributed by atoms with Crippen LogP contribution in [0.5, 0.6) is 0 Å². The normalized spacial score (nSPS) is 20.2. The van der Waals surface area contributed by atoms with E-state index in [0.717, 1.165) is 10.5 Å². The summed E-state index contributed by atoms with van der Waals surface area (Å²) in [5, 5.41) is 0. The van der Waals surface area contributed by atoms with Crippen molar-refractivity contribution in [3.63, 3.8) is 0 Å². The summed E-state index contributed by atoms with van der Waals surface area (Å²) < 4.78 is 38.1. The van der Waals surface area contributed by atoms with Crippen LogP contribution in [-0.4, -0.2) is 29.6 Å². The van der Waals surface area contributed by atoms with E-state index >= 15 is 0 Å². The molecule has 2 rings (SSSR count). The lowest BCUT2D eigenvalue weighted by molar-refractivity contribution is -0.182. The molecule has 0 unspecified atom stereocenters. The minimum Gasteiger partial charge on any atom is -0.330 e. The Kier molecular flexibility index (Phi) is 3.59. The van der Waals surface area contributed by atoms with E-state index in [0.29, 0.717) is 6.42 Å². The number of likely N-dealkylation sites (tertiary alicyclic amines) is 1. The van der Waals surface area contributed by atoms with Crippen molar-refractivity contribution in [3.05, 3.63) is 35.9 Å². The second-order valence-corrected chi connectivity index (χ2v) is 4.45. The van der Waals surface area contributed by atoms with Crippen molar-refractivity contribution in [1.82, 2.24) is 4.90 Å². The SMILES string of the molecule is O=C(Cc1ccccc1)N1CCC[C@H]1C(F)(F)F. The third kappa shape index (κ3) is 2.83. The van der Waals surface area contributed by atoms with Gasteiger partial charge >= 0.3 is 6.18 Å². The number of halogens is 3. The average molecular weight is 257 g/mol. The van der Waals surface area contributed by atoms with Gasteiger partial charge in [-0.15, -0.1) is 0 Å². The summed E-state index contributed by atoms with van der Waals surface area (Å²) >= 11 is 0. The Balaban J connectivity index is 2.05. The van der Waals surface area contributed by atoms with Crippen LogP contribution >= 0.6 is 0 Å². The largest absolute Gasteiger partial charge is 0.408 e. The van der Waals surface area contributed by atoms with Crippen molar-refractivity contribution in [3.8, 4) is 0 Å². The second kappa shape index (κ2) is 5.00. The maximum atomic E-state index is 12.7. The average Bonchev–Trinajstić information content (AvgIpc) is 2.79. The number of nitrogens with zero attached hydrogens (tertiary/aromatic N) is 1. The highest BCUT2D eigenvalue weighted by Gasteiger charge is 2.47. The zero-order valence-corrected chi connectivity index (χ0v) is 9.78. The fourth-order valence-corrected chi connectivity index (χ4v) is 2.28. The Morgan fingerprint density at radius 2 is 1.94 bits per heavy atom. The number of rotatable bonds is 2. The topological polar surface area (TPSA) is 20.3 Å². The molecule has 0 saturated carbocycles. The van der Waals surface area contributed by atoms with Gasteiger partial charge in [0.25, 0.3) is 0 Å². The fraction of sp³-hybridized carbons (Fsp3) is 0.462. The van der Waals surface area contributed by atoms with Crippen molar-refractivity contribution in [2.45, 2.75) is 31.5 Å². The molecule has 1 saturated heterocycles. The zero-order chi connectivity index (χ0) is 13.2. The Morgan fingerprint density at radius 3 is 2.56 bits per heavy atom. The molecule has 1 aliphatic heterocycles. The maximum absolute atomic E-state index is 12.7. The van der Waals surface area contributed by atoms with Crippen LogP contribution in [0.2, 0.25) is 0 Å². The first-order chi connectivity index (χ1) is 8.48. The van der Waals surface area contributed by atoms with E-state index in [1.165, 1.54) is 0 Å². The monoisotopic (exact) mass is 257 g/mol. The molecular formula is C13H14F3NO. The molecule has 1 fully saturated rings. The molecule has 0 N–H and O–H groups in total. The van der Waals surface area contributed by atoms with Crippen molar-refractivity contribution in [2.24, 2.45) is 0 Å². The number of carbonyl (C=O) groups is 1. The first-order valence-corrected chi connectivity index (χ1v) is 5.88. The summed E-state index contributed by atoms with van der Waals surface area (Å²) in [6.07, 6.45) is -3.84. The molecule has 0 aliphatic carbocycles. The van der Waals surface area contributed by atoms with Crippen LogP contribution in [0.3, 0.4) is 0 Å². The minimum absolute atomic E-state index is 0.0179. The molecule has 1 aromatic rings. The zero-order valence-electron chi connectivity index (χ0n) is 9.78. The first kappa shape index (κ1) is 12.9. The molecule has 0 radical (unpaired) electrons. The third-order valence-electron chi connectivity index (χ3n) is 3.15. The first-order valence-electron chi connectivity index (χ1n) is 5.88. The second-order valence-electron chi connectivity index (χ2n) is 4.45. The summed E-state index contributed by atoms with van der Waals surface area (Å²) in [6.45, 7) is 0.204. The Labute approximate surface area is 103 Å². The van der Waals surface area contributed by atoms with Gasteiger partial charge in [-0.1, -0.05) is 30.3 Å². The standard InChI is InChI=1S/C13H14F3NO/c14-13(15,16)11-7-4-8-17(11)12(18)9-10-5-2-1-3-6-10/h1-3,5-6,11H,4,7-9H2/t11-/m0/s1. The summed E-state index contributed by atoms with van der Waals surface area (Å²) in [5.41, 5.74) is 0.746. The van der Waals surface area contributed by atoms with Gasteiger partial charge in [-0.3, -0.25) is 4.79 Å². The molecule has 1 atom stereocenters. The van der Waals surface area contributed by atoms with Gasteiger partial charge in [0.15, 0.2) is 0 Å². The highest BCUT2D eigenvalue weighted by atomic mass is 19.4. The van der Waals surface area contributed by atoms with Gasteiger partial charge in [0.05, 0.1) is 6.42 Å². The molecule has 0 spiro atoms. The van der Waals surface area contributed by atoms with Crippen LogP contribution in [-0.2, 0) is 11.2 Å². The van der Waals surface area contributed by atoms with E-state index in [2.05, 4.69) is 0 Å². The number of alkyl halides is 3. The molecule has 2 nitrogen and oxygen atoms in total. The predicted molar refractivity (Wildman–Crippen MR) is 60.9 cm³/mol. The van der Waals surface area contributed by atoms with Crippen LogP contribution in [0.25, 0.3) is 0 Å². The molecule has 1 amide bonds. The van der Waals surface area contributed by atoms with E-state index in [1.807, 2.05) is 6.07 Å². The molecule has 1 heterocycles. The van der Waals surface area contributed by atoms with Crippen LogP contribution in [0, 0.1) is 0 Å². The molecule has 1 aromatic carbocycles. The van der Waals surface area contributed by atoms with Gasteiger partial charge in [0, 0.05) is 6.54 Å². The highest BCUT2D eigenvalue weighted by Crippen LogP contribution is 2.32. The molecule has 98 valence electrons. The maximum Gasteiger partial charge on any atom is 0.408 e. The summed E-state index contributed by atoms with van der Waals surface area (Å²) in [5.74, 6) is -0.443. The molecule has 5 heteroatoms. The lowest BCUT2D eigenvalue weighted by Gasteiger charge is -2.26. The van der Waals surface area contributed by atoms with Gasteiger partial charge in [0.2, 0.25) is 5.91 Å². The van der Waals surface area contributed by atoms with Crippen LogP contribution < -0.4 is 0 Å². The number of amides is 1. The van der Waals surface area contributed by atoms with Crippen molar-refractivity contribution >= 4 is 5.91 Å². The van der Waals surface area contributed by atoms with Gasteiger partial charge in [0.1, 0.15) is 6.04 Å². The summed E-state index contributed by atoms with van der Waals surface area (Å²) in [4.78, 5) is 12.9. The van der Waals surface area contributed by atoms with Crippen molar-refractivity contribution in [2.75, 3.05) is 6.54 Å². The number of carbonyl (C=O) groups excluding carboxylic acids is 1. The molecule has 0 aromatic heterocycles. The van der Waals surface area contributed by atoms with E-state index in [9.17, 15) is 18.0 Å². The quantitative estimate of drug-likeness (QED) is 0.797. The predicted octanol–water partition coefficient (Wildman–Crippen LogP) is 2.78. The van der Waals surface area contributed by atoms with Gasteiger partial charge in [-0.25, -0.2) is 0 Å². The Bertz CT molecular complexity index is 416. The van der Waals surface area contributed by atoms with E-state index < -0.39 is 18.1 Å². The van der Waals surface area contributed by atoms with Crippen LogP contribution in [0.15, 0.2) is 30.3 Å². The summed E-state index contributed by atoms with van der Waals surface area (Å²) in [7, 11) is 0. The Morgan fingerprint density at radius 1 is 1.28 bits per heavy atom. The number of hydrogen-bond donors (Lipinski definition) is 0. The number of hydrogen-bond acceptors (Lipinski definition) is 1. The van der Waals surface area contributed by atoms with Crippen LogP contribution in [0.1, 0.15) is 18.4 Å². The fourth-order valence-electron chi connectivity index (χ4n) is 2.28. The highest BCUT2D eigenvalue weighted by molar-refractivity contribution is 5.79. The Hall–Kier alpha value is -1.52. The van der Waals surface area contributed by atoms with Crippen molar-refractivity contribution in [1.29, 1.82) is 0 Å². The third-order valence-corrected chi connectivity index (χ3v) is 3.15. The van der Waals surface area contributed by atoms with E-state index in [1.54, 1.807) is 24.3 Å². The van der Waals surface area contributed by atoms with E-state index in [-0.39, 0.29) is 19.4 Å². The molecule has 1 aliphatic rings. The molecule has 18 heavy (non-hydrogen) atoms. The van der Waals surface area contributed by atoms with Crippen molar-refractivity contribution < 1.29 is 18.0 Å². The van der Waals surface area contributed by atoms with Gasteiger partial charge in [-0.05, 0) is 18.4 Å². The van der Waals surface area contributed by atoms with Gasteiger partial charge < -0.3 is 4.90 Å². The molecular weight excluding hydrogens is 243 g/mol. The van der Waals surface area contributed by atoms with Crippen LogP contribution in [0.4, 0.5) is 13.2 Å². The smallest absolute Gasteiger partial charge is 0.330 e. The minimum atomic E-state index is -4.32. The van der Waals surface area contributed by atoms with Gasteiger partial charge in [-0.2, -0.15) is 13.2 Å². The molecule has 0 bridgehead atoms.